The summed E-state index contributed by atoms with van der Waals surface area (Å²) in [6.45, 7) is 0.467. The number of carbonyl (C=O) groups is 1. The monoisotopic (exact) mass is 229 g/mol. The van der Waals surface area contributed by atoms with Gasteiger partial charge < -0.3 is 9.88 Å². The molecule has 4 nitrogen and oxygen atoms in total. The molecule has 4 heteroatoms. The van der Waals surface area contributed by atoms with Crippen molar-refractivity contribution >= 4 is 5.91 Å². The molecule has 0 radical (unpaired) electrons. The first-order chi connectivity index (χ1) is 8.25. The molecule has 17 heavy (non-hydrogen) atoms. The average Bonchev–Trinajstić information content (AvgIpc) is 2.74. The van der Waals surface area contributed by atoms with Gasteiger partial charge in [0.25, 0.3) is 0 Å². The molecule has 1 aromatic carbocycles. The lowest BCUT2D eigenvalue weighted by Gasteiger charge is -2.05. The Morgan fingerprint density at radius 1 is 1.35 bits per heavy atom. The Bertz CT molecular complexity index is 490. The number of benzene rings is 1. The fourth-order valence-corrected chi connectivity index (χ4v) is 1.59. The zero-order chi connectivity index (χ0) is 12.1. The summed E-state index contributed by atoms with van der Waals surface area (Å²) in [6.07, 6.45) is 3.99. The molecule has 0 aliphatic carbocycles. The summed E-state index contributed by atoms with van der Waals surface area (Å²) >= 11 is 0. The molecule has 0 atom stereocenters. The SMILES string of the molecule is Cn1ccnc1CNC(=O)Cc1ccccc1. The third-order valence-electron chi connectivity index (χ3n) is 2.57. The van der Waals surface area contributed by atoms with Crippen molar-refractivity contribution in [3.63, 3.8) is 0 Å². The third-order valence-corrected chi connectivity index (χ3v) is 2.57. The predicted octanol–water partition coefficient (Wildman–Crippen LogP) is 1.28. The molecular formula is C13H15N3O. The van der Waals surface area contributed by atoms with Gasteiger partial charge in [-0.2, -0.15) is 0 Å². The van der Waals surface area contributed by atoms with Gasteiger partial charge in [-0.25, -0.2) is 4.98 Å². The van der Waals surface area contributed by atoms with Crippen LogP contribution >= 0.6 is 0 Å². The van der Waals surface area contributed by atoms with E-state index in [9.17, 15) is 4.79 Å². The van der Waals surface area contributed by atoms with E-state index in [2.05, 4.69) is 10.3 Å². The van der Waals surface area contributed by atoms with Gasteiger partial charge in [-0.3, -0.25) is 4.79 Å². The number of hydrogen-bond donors (Lipinski definition) is 1. The summed E-state index contributed by atoms with van der Waals surface area (Å²) in [4.78, 5) is 15.8. The highest BCUT2D eigenvalue weighted by Gasteiger charge is 2.04. The van der Waals surface area contributed by atoms with Gasteiger partial charge in [0.1, 0.15) is 5.82 Å². The average molecular weight is 229 g/mol. The lowest BCUT2D eigenvalue weighted by atomic mass is 10.1. The van der Waals surface area contributed by atoms with Gasteiger partial charge >= 0.3 is 0 Å². The molecule has 88 valence electrons. The highest BCUT2D eigenvalue weighted by atomic mass is 16.1. The number of rotatable bonds is 4. The summed E-state index contributed by atoms with van der Waals surface area (Å²) in [7, 11) is 1.91. The van der Waals surface area contributed by atoms with Gasteiger partial charge in [0, 0.05) is 19.4 Å². The number of aromatic nitrogens is 2. The largest absolute Gasteiger partial charge is 0.349 e. The van der Waals surface area contributed by atoms with Gasteiger partial charge in [0.2, 0.25) is 5.91 Å². The quantitative estimate of drug-likeness (QED) is 0.858. The maximum absolute atomic E-state index is 11.7. The second-order valence-corrected chi connectivity index (χ2v) is 3.89. The topological polar surface area (TPSA) is 46.9 Å². The van der Waals surface area contributed by atoms with E-state index in [4.69, 9.17) is 0 Å². The van der Waals surface area contributed by atoms with E-state index in [1.54, 1.807) is 6.20 Å². The summed E-state index contributed by atoms with van der Waals surface area (Å²) in [5, 5.41) is 2.85. The standard InChI is InChI=1S/C13H15N3O/c1-16-8-7-14-12(16)10-15-13(17)9-11-5-3-2-4-6-11/h2-8H,9-10H2,1H3,(H,15,17). The number of hydrogen-bond acceptors (Lipinski definition) is 2. The fraction of sp³-hybridized carbons (Fsp3) is 0.231. The van der Waals surface area contributed by atoms with E-state index in [0.717, 1.165) is 11.4 Å². The van der Waals surface area contributed by atoms with Crippen LogP contribution in [0.15, 0.2) is 42.7 Å². The lowest BCUT2D eigenvalue weighted by molar-refractivity contribution is -0.120. The van der Waals surface area contributed by atoms with Crippen molar-refractivity contribution in [3.05, 3.63) is 54.1 Å². The maximum Gasteiger partial charge on any atom is 0.224 e. The van der Waals surface area contributed by atoms with Crippen molar-refractivity contribution < 1.29 is 4.79 Å². The van der Waals surface area contributed by atoms with E-state index in [1.165, 1.54) is 0 Å². The second-order valence-electron chi connectivity index (χ2n) is 3.89. The molecule has 1 amide bonds. The van der Waals surface area contributed by atoms with Crippen molar-refractivity contribution in [2.24, 2.45) is 7.05 Å². The minimum atomic E-state index is 0.0131. The van der Waals surface area contributed by atoms with Gasteiger partial charge in [0.15, 0.2) is 0 Å². The zero-order valence-corrected chi connectivity index (χ0v) is 9.76. The van der Waals surface area contributed by atoms with Crippen LogP contribution in [0.5, 0.6) is 0 Å². The van der Waals surface area contributed by atoms with Gasteiger partial charge in [-0.05, 0) is 5.56 Å². The number of carbonyl (C=O) groups excluding carboxylic acids is 1. The van der Waals surface area contributed by atoms with E-state index in [-0.39, 0.29) is 5.91 Å². The Kier molecular flexibility index (Phi) is 3.55. The number of imidazole rings is 1. The summed E-state index contributed by atoms with van der Waals surface area (Å²) < 4.78 is 1.89. The summed E-state index contributed by atoms with van der Waals surface area (Å²) in [5.74, 6) is 0.866. The summed E-state index contributed by atoms with van der Waals surface area (Å²) in [5.41, 5.74) is 1.02. The lowest BCUT2D eigenvalue weighted by Crippen LogP contribution is -2.25. The number of aryl methyl sites for hydroxylation is 1. The molecule has 1 N–H and O–H groups in total. The Balaban J connectivity index is 1.84. The molecule has 1 heterocycles. The highest BCUT2D eigenvalue weighted by molar-refractivity contribution is 5.78. The minimum absolute atomic E-state index is 0.0131. The van der Waals surface area contributed by atoms with Crippen molar-refractivity contribution in [1.82, 2.24) is 14.9 Å². The predicted molar refractivity (Wildman–Crippen MR) is 65.2 cm³/mol. The zero-order valence-electron chi connectivity index (χ0n) is 9.76. The number of nitrogens with one attached hydrogen (secondary N) is 1. The van der Waals surface area contributed by atoms with Crippen molar-refractivity contribution in [2.45, 2.75) is 13.0 Å². The molecule has 0 aliphatic heterocycles. The van der Waals surface area contributed by atoms with Crippen LogP contribution in [-0.2, 0) is 24.8 Å². The van der Waals surface area contributed by atoms with Crippen molar-refractivity contribution in [3.8, 4) is 0 Å². The van der Waals surface area contributed by atoms with Crippen LogP contribution in [0.4, 0.5) is 0 Å². The van der Waals surface area contributed by atoms with Crippen LogP contribution in [0.1, 0.15) is 11.4 Å². The van der Waals surface area contributed by atoms with Crippen LogP contribution in [0.2, 0.25) is 0 Å². The summed E-state index contributed by atoms with van der Waals surface area (Å²) in [6, 6.07) is 9.69. The van der Waals surface area contributed by atoms with Crippen LogP contribution in [0, 0.1) is 0 Å². The van der Waals surface area contributed by atoms with Crippen LogP contribution < -0.4 is 5.32 Å². The first-order valence-corrected chi connectivity index (χ1v) is 5.52. The molecule has 0 bridgehead atoms. The minimum Gasteiger partial charge on any atom is -0.349 e. The Hall–Kier alpha value is -2.10. The Labute approximate surface area is 100 Å². The van der Waals surface area contributed by atoms with E-state index in [0.29, 0.717) is 13.0 Å². The fourth-order valence-electron chi connectivity index (χ4n) is 1.59. The molecule has 0 fully saturated rings. The molecule has 0 saturated heterocycles. The first kappa shape index (κ1) is 11.4. The van der Waals surface area contributed by atoms with Gasteiger partial charge in [-0.15, -0.1) is 0 Å². The smallest absolute Gasteiger partial charge is 0.224 e. The van der Waals surface area contributed by atoms with Gasteiger partial charge in [0.05, 0.1) is 13.0 Å². The Morgan fingerprint density at radius 2 is 2.12 bits per heavy atom. The van der Waals surface area contributed by atoms with E-state index < -0.39 is 0 Å². The molecule has 0 unspecified atom stereocenters. The number of amides is 1. The first-order valence-electron chi connectivity index (χ1n) is 5.52. The second kappa shape index (κ2) is 5.30. The maximum atomic E-state index is 11.7. The normalized spacial score (nSPS) is 10.2. The molecule has 0 aliphatic rings. The van der Waals surface area contributed by atoms with Crippen molar-refractivity contribution in [2.75, 3.05) is 0 Å². The van der Waals surface area contributed by atoms with E-state index in [1.807, 2.05) is 48.1 Å². The molecule has 1 aromatic heterocycles. The van der Waals surface area contributed by atoms with Crippen LogP contribution in [0.3, 0.4) is 0 Å². The number of nitrogens with zero attached hydrogens (tertiary/aromatic N) is 2. The Morgan fingerprint density at radius 3 is 2.76 bits per heavy atom. The molecule has 0 spiro atoms. The third kappa shape index (κ3) is 3.17. The van der Waals surface area contributed by atoms with Crippen LogP contribution in [0.25, 0.3) is 0 Å². The molecule has 2 rings (SSSR count). The molecule has 0 saturated carbocycles. The van der Waals surface area contributed by atoms with Crippen molar-refractivity contribution in [1.29, 1.82) is 0 Å². The van der Waals surface area contributed by atoms with Gasteiger partial charge in [-0.1, -0.05) is 30.3 Å². The van der Waals surface area contributed by atoms with E-state index >= 15 is 0 Å². The highest BCUT2D eigenvalue weighted by Crippen LogP contribution is 2.00. The molecule has 2 aromatic rings. The van der Waals surface area contributed by atoms with Crippen LogP contribution in [-0.4, -0.2) is 15.5 Å². The molecular weight excluding hydrogens is 214 g/mol.